The lowest BCUT2D eigenvalue weighted by molar-refractivity contribution is -0.137. The van der Waals surface area contributed by atoms with E-state index in [1.54, 1.807) is 46.6 Å². The SMILES string of the molecule is CC(=O)c1c(C)c2cnc(Nc3ccc(N4CCN(C(=O)CCCCCSc5cccc6c5CN(C5CCC(=O)NC5=O)C6=O)CC4)cn3)nc2n(C2CCCC2)c1=O. The lowest BCUT2D eigenvalue weighted by Gasteiger charge is -2.36. The largest absolute Gasteiger partial charge is 0.367 e. The minimum atomic E-state index is -0.627. The Morgan fingerprint density at radius 2 is 1.73 bits per heavy atom. The molecule has 0 spiro atoms. The highest BCUT2D eigenvalue weighted by Crippen LogP contribution is 2.35. The number of fused-ring (bicyclic) bond motifs is 2. The summed E-state index contributed by atoms with van der Waals surface area (Å²) in [5, 5.41) is 6.24. The van der Waals surface area contributed by atoms with Gasteiger partial charge in [0.2, 0.25) is 23.7 Å². The van der Waals surface area contributed by atoms with Crippen LogP contribution in [0, 0.1) is 6.92 Å². The number of carbonyl (C=O) groups is 5. The average molecular weight is 820 g/mol. The first-order valence-corrected chi connectivity index (χ1v) is 21.6. The number of anilines is 3. The standard InChI is InChI=1S/C43H49N9O6S/c1-26-31-24-45-43(48-39(31)52(28-9-5-6-10-28)42(58)38(26)27(2)53)46-35-16-14-29(23-44-35)49-18-20-50(21-19-49)37(55)13-4-3-7-22-59-34-12-8-11-30-32(34)25-51(41(30)57)33-15-17-36(54)47-40(33)56/h8,11-12,14,16,23-24,28,33H,3-7,9-10,13,15,17-22,25H2,1-2H3,(H,47,54,56)(H,44,45,46,48). The maximum atomic E-state index is 13.6. The Morgan fingerprint density at radius 1 is 0.932 bits per heavy atom. The number of pyridine rings is 2. The first-order chi connectivity index (χ1) is 28.6. The Bertz CT molecular complexity index is 2370. The first kappa shape index (κ1) is 40.2. The van der Waals surface area contributed by atoms with E-state index in [4.69, 9.17) is 4.98 Å². The van der Waals surface area contributed by atoms with E-state index in [0.717, 1.165) is 66.8 Å². The number of amides is 4. The number of Topliss-reactive ketones (excluding diaryl/α,β-unsaturated/α-hetero) is 1. The van der Waals surface area contributed by atoms with Crippen LogP contribution in [0.2, 0.25) is 0 Å². The highest BCUT2D eigenvalue weighted by Gasteiger charge is 2.40. The molecular weight excluding hydrogens is 771 g/mol. The van der Waals surface area contributed by atoms with Crippen molar-refractivity contribution in [1.82, 2.24) is 34.6 Å². The van der Waals surface area contributed by atoms with Crippen molar-refractivity contribution in [2.24, 2.45) is 0 Å². The number of ketones is 1. The maximum Gasteiger partial charge on any atom is 0.263 e. The number of aryl methyl sites for hydroxylation is 1. The Kier molecular flexibility index (Phi) is 11.8. The van der Waals surface area contributed by atoms with Crippen LogP contribution in [0.3, 0.4) is 0 Å². The van der Waals surface area contributed by atoms with Gasteiger partial charge in [0.05, 0.1) is 17.4 Å². The molecule has 308 valence electrons. The van der Waals surface area contributed by atoms with Crippen LogP contribution in [-0.2, 0) is 20.9 Å². The number of thioether (sulfide) groups is 1. The van der Waals surface area contributed by atoms with Crippen molar-refractivity contribution in [3.8, 4) is 0 Å². The van der Waals surface area contributed by atoms with Crippen LogP contribution >= 0.6 is 11.8 Å². The highest BCUT2D eigenvalue weighted by atomic mass is 32.2. The van der Waals surface area contributed by atoms with Crippen LogP contribution in [0.15, 0.2) is 52.4 Å². The van der Waals surface area contributed by atoms with Gasteiger partial charge in [0.1, 0.15) is 17.5 Å². The Labute approximate surface area is 346 Å². The fourth-order valence-electron chi connectivity index (χ4n) is 8.87. The number of piperidine rings is 1. The molecule has 4 aromatic rings. The quantitative estimate of drug-likeness (QED) is 0.0769. The third kappa shape index (κ3) is 8.32. The van der Waals surface area contributed by atoms with Gasteiger partial charge >= 0.3 is 0 Å². The third-order valence-corrected chi connectivity index (χ3v) is 13.3. The van der Waals surface area contributed by atoms with E-state index in [2.05, 4.69) is 25.5 Å². The van der Waals surface area contributed by atoms with E-state index in [9.17, 15) is 28.8 Å². The zero-order valence-corrected chi connectivity index (χ0v) is 34.3. The van der Waals surface area contributed by atoms with Crippen LogP contribution < -0.4 is 21.1 Å². The number of carbonyl (C=O) groups excluding carboxylic acids is 5. The predicted octanol–water partition coefficient (Wildman–Crippen LogP) is 5.32. The third-order valence-electron chi connectivity index (χ3n) is 12.1. The van der Waals surface area contributed by atoms with Gasteiger partial charge in [-0.15, -0.1) is 11.8 Å². The van der Waals surface area contributed by atoms with Crippen molar-refractivity contribution in [3.63, 3.8) is 0 Å². The number of imide groups is 1. The summed E-state index contributed by atoms with van der Waals surface area (Å²) in [6, 6.07) is 8.92. The fourth-order valence-corrected chi connectivity index (χ4v) is 9.96. The predicted molar refractivity (Wildman–Crippen MR) is 224 cm³/mol. The minimum absolute atomic E-state index is 0.00318. The van der Waals surface area contributed by atoms with Crippen molar-refractivity contribution in [2.75, 3.05) is 42.1 Å². The molecule has 3 fully saturated rings. The Hall–Kier alpha value is -5.64. The van der Waals surface area contributed by atoms with Crippen molar-refractivity contribution in [2.45, 2.75) is 102 Å². The van der Waals surface area contributed by atoms with Crippen LogP contribution in [0.25, 0.3) is 11.0 Å². The summed E-state index contributed by atoms with van der Waals surface area (Å²) >= 11 is 1.70. The zero-order chi connectivity index (χ0) is 41.2. The van der Waals surface area contributed by atoms with E-state index >= 15 is 0 Å². The zero-order valence-electron chi connectivity index (χ0n) is 33.5. The van der Waals surface area contributed by atoms with Crippen molar-refractivity contribution < 1.29 is 24.0 Å². The van der Waals surface area contributed by atoms with E-state index in [1.165, 1.54) is 6.92 Å². The summed E-state index contributed by atoms with van der Waals surface area (Å²) in [7, 11) is 0. The van der Waals surface area contributed by atoms with E-state index in [-0.39, 0.29) is 47.1 Å². The number of hydrogen-bond donors (Lipinski definition) is 2. The number of nitrogens with one attached hydrogen (secondary N) is 2. The molecule has 15 nitrogen and oxygen atoms in total. The normalized spacial score (nSPS) is 18.4. The number of nitrogens with zero attached hydrogens (tertiary/aromatic N) is 7. The maximum absolute atomic E-state index is 13.6. The highest BCUT2D eigenvalue weighted by molar-refractivity contribution is 7.99. The first-order valence-electron chi connectivity index (χ1n) is 20.7. The van der Waals surface area contributed by atoms with Crippen LogP contribution in [-0.4, -0.2) is 96.7 Å². The minimum Gasteiger partial charge on any atom is -0.367 e. The van der Waals surface area contributed by atoms with Crippen molar-refractivity contribution in [1.29, 1.82) is 0 Å². The molecular formula is C43H49N9O6S. The topological polar surface area (TPSA) is 180 Å². The van der Waals surface area contributed by atoms with Gasteiger partial charge < -0.3 is 20.0 Å². The molecule has 3 aromatic heterocycles. The average Bonchev–Trinajstić information content (AvgIpc) is 3.88. The molecule has 0 radical (unpaired) electrons. The van der Waals surface area contributed by atoms with Gasteiger partial charge in [0, 0.05) is 73.6 Å². The molecule has 4 aliphatic rings. The molecule has 3 aliphatic heterocycles. The van der Waals surface area contributed by atoms with Crippen molar-refractivity contribution >= 4 is 69.7 Å². The molecule has 6 heterocycles. The monoisotopic (exact) mass is 819 g/mol. The molecule has 1 unspecified atom stereocenters. The van der Waals surface area contributed by atoms with E-state index in [1.807, 2.05) is 29.2 Å². The summed E-state index contributed by atoms with van der Waals surface area (Å²) in [5.74, 6) is 0.793. The van der Waals surface area contributed by atoms with Gasteiger partial charge in [-0.25, -0.2) is 9.97 Å². The number of hydrogen-bond acceptors (Lipinski definition) is 12. The number of aromatic nitrogens is 4. The summed E-state index contributed by atoms with van der Waals surface area (Å²) in [6.07, 6.45) is 11.0. The summed E-state index contributed by atoms with van der Waals surface area (Å²) < 4.78 is 1.70. The molecule has 1 saturated carbocycles. The van der Waals surface area contributed by atoms with Crippen LogP contribution in [0.1, 0.15) is 109 Å². The van der Waals surface area contributed by atoms with Gasteiger partial charge in [-0.3, -0.25) is 38.7 Å². The second-order valence-electron chi connectivity index (χ2n) is 15.8. The summed E-state index contributed by atoms with van der Waals surface area (Å²) in [5.41, 5.74) is 3.57. The second-order valence-corrected chi connectivity index (χ2v) is 17.0. The molecule has 1 aliphatic carbocycles. The van der Waals surface area contributed by atoms with Gasteiger partial charge in [-0.05, 0) is 87.1 Å². The molecule has 16 heteroatoms. The second kappa shape index (κ2) is 17.3. The molecule has 8 rings (SSSR count). The fraction of sp³-hybridized carbons (Fsp3) is 0.465. The van der Waals surface area contributed by atoms with Gasteiger partial charge in [-0.1, -0.05) is 25.3 Å². The molecule has 2 N–H and O–H groups in total. The van der Waals surface area contributed by atoms with E-state index < -0.39 is 11.9 Å². The van der Waals surface area contributed by atoms with Gasteiger partial charge in [0.25, 0.3) is 11.5 Å². The van der Waals surface area contributed by atoms with Crippen molar-refractivity contribution in [3.05, 3.63) is 75.3 Å². The molecule has 1 atom stereocenters. The smallest absolute Gasteiger partial charge is 0.263 e. The molecule has 4 amide bonds. The van der Waals surface area contributed by atoms with Crippen LogP contribution in [0.4, 0.5) is 17.5 Å². The summed E-state index contributed by atoms with van der Waals surface area (Å²) in [4.78, 5) is 97.0. The Morgan fingerprint density at radius 3 is 2.46 bits per heavy atom. The Balaban J connectivity index is 0.784. The number of piperazine rings is 1. The molecule has 2 saturated heterocycles. The number of rotatable bonds is 13. The van der Waals surface area contributed by atoms with Crippen LogP contribution in [0.5, 0.6) is 0 Å². The molecule has 0 bridgehead atoms. The number of benzene rings is 1. The summed E-state index contributed by atoms with van der Waals surface area (Å²) in [6.45, 7) is 6.26. The number of unbranched alkanes of at least 4 members (excludes halogenated alkanes) is 2. The lowest BCUT2D eigenvalue weighted by atomic mass is 10.0. The molecule has 59 heavy (non-hydrogen) atoms. The van der Waals surface area contributed by atoms with E-state index in [0.29, 0.717) is 79.5 Å². The van der Waals surface area contributed by atoms with Gasteiger partial charge in [-0.2, -0.15) is 4.98 Å². The lowest BCUT2D eigenvalue weighted by Crippen LogP contribution is -2.52. The molecule has 1 aromatic carbocycles. The van der Waals surface area contributed by atoms with Gasteiger partial charge in [0.15, 0.2) is 5.78 Å².